The van der Waals surface area contributed by atoms with Crippen LogP contribution >= 0.6 is 0 Å². The zero-order valence-corrected chi connectivity index (χ0v) is 25.0. The molecule has 244 valence electrons. The number of aliphatic hydroxyl groups is 6. The maximum Gasteiger partial charge on any atom is 0.336 e. The third kappa shape index (κ3) is 11.4. The molecule has 0 unspecified atom stereocenters. The highest BCUT2D eigenvalue weighted by Crippen LogP contribution is 2.25. The van der Waals surface area contributed by atoms with Gasteiger partial charge in [-0.05, 0) is 27.7 Å². The molecule has 44 heavy (non-hydrogen) atoms. The smallest absolute Gasteiger partial charge is 0.336 e. The van der Waals surface area contributed by atoms with Crippen LogP contribution in [0.25, 0.3) is 0 Å². The van der Waals surface area contributed by atoms with E-state index < -0.39 is 73.9 Å². The van der Waals surface area contributed by atoms with E-state index in [0.29, 0.717) is 0 Å². The van der Waals surface area contributed by atoms with Crippen LogP contribution in [0.15, 0.2) is 83.1 Å². The predicted octanol–water partition coefficient (Wildman–Crippen LogP) is 0.331. The molecule has 0 amide bonds. The number of rotatable bonds is 12. The molecule has 13 heteroatoms. The lowest BCUT2D eigenvalue weighted by Gasteiger charge is -2.41. The third-order valence-corrected chi connectivity index (χ3v) is 6.67. The molecule has 2 fully saturated rings. The fraction of sp³-hybridized carbons (Fsp3) is 0.484. The van der Waals surface area contributed by atoms with E-state index in [2.05, 4.69) is 0 Å². The lowest BCUT2D eigenvalue weighted by atomic mass is 9.99. The van der Waals surface area contributed by atoms with Gasteiger partial charge in [0.05, 0.1) is 13.2 Å². The number of carboxylic acid groups (broad SMARTS) is 1. The summed E-state index contributed by atoms with van der Waals surface area (Å²) in [7, 11) is 0. The summed E-state index contributed by atoms with van der Waals surface area (Å²) in [5.41, 5.74) is 2.16. The zero-order chi connectivity index (χ0) is 33.0. The molecular weight excluding hydrogens is 580 g/mol. The van der Waals surface area contributed by atoms with Gasteiger partial charge in [0.2, 0.25) is 6.29 Å². The van der Waals surface area contributed by atoms with E-state index in [4.69, 9.17) is 24.1 Å². The second kappa shape index (κ2) is 17.9. The Morgan fingerprint density at radius 3 is 1.82 bits per heavy atom. The number of hydrogen-bond donors (Lipinski definition) is 7. The van der Waals surface area contributed by atoms with Crippen molar-refractivity contribution in [1.29, 1.82) is 0 Å². The zero-order valence-electron chi connectivity index (χ0n) is 25.0. The van der Waals surface area contributed by atoms with Gasteiger partial charge < -0.3 is 54.7 Å². The van der Waals surface area contributed by atoms with Crippen molar-refractivity contribution < 1.29 is 64.3 Å². The number of hydrogen-bond acceptors (Lipinski definition) is 12. The van der Waals surface area contributed by atoms with Gasteiger partial charge in [-0.25, -0.2) is 9.59 Å². The van der Waals surface area contributed by atoms with Gasteiger partial charge in [0.1, 0.15) is 42.7 Å². The Labute approximate surface area is 255 Å². The summed E-state index contributed by atoms with van der Waals surface area (Å²) in [4.78, 5) is 23.4. The number of esters is 1. The summed E-state index contributed by atoms with van der Waals surface area (Å²) < 4.78 is 21.1. The summed E-state index contributed by atoms with van der Waals surface area (Å²) in [6.45, 7) is 5.92. The first-order chi connectivity index (χ1) is 20.7. The molecule has 0 saturated carbocycles. The molecule has 13 nitrogen and oxygen atoms in total. The maximum atomic E-state index is 12.6. The standard InChI is InChI=1S/C31H42O13/c1-17(11-7-13-19(3)28(38)39)9-5-6-10-18(2)12-8-14-20(4)29(40)44-31-27(37)25(35)24(34)22(43-31)16-42-30-26(36)23(33)21(32)15-41-30/h5-14,21-27,30-37H,15-16H2,1-4H3,(H,38,39)/b6-5+,11-7+,12-8+,17-9+,18-10+,19-13+,20-14+/t21-,22-,23+,24-,25+,26-,27-,30+,31+/m1/s1. The van der Waals surface area contributed by atoms with E-state index in [9.17, 15) is 40.2 Å². The molecule has 0 spiro atoms. The summed E-state index contributed by atoms with van der Waals surface area (Å²) in [5.74, 6) is -1.83. The molecule has 7 N–H and O–H groups in total. The number of aliphatic carboxylic acids is 1. The van der Waals surface area contributed by atoms with Crippen LogP contribution in [-0.2, 0) is 28.5 Å². The van der Waals surface area contributed by atoms with Crippen molar-refractivity contribution in [2.24, 2.45) is 0 Å². The summed E-state index contributed by atoms with van der Waals surface area (Å²) >= 11 is 0. The van der Waals surface area contributed by atoms with Crippen molar-refractivity contribution in [1.82, 2.24) is 0 Å². The molecule has 0 radical (unpaired) electrons. The Morgan fingerprint density at radius 2 is 1.25 bits per heavy atom. The van der Waals surface area contributed by atoms with Gasteiger partial charge >= 0.3 is 11.9 Å². The van der Waals surface area contributed by atoms with Crippen molar-refractivity contribution in [3.05, 3.63) is 83.1 Å². The minimum atomic E-state index is -1.77. The van der Waals surface area contributed by atoms with Crippen LogP contribution in [0.2, 0.25) is 0 Å². The first kappa shape index (κ1) is 36.9. The molecular formula is C31H42O13. The van der Waals surface area contributed by atoms with Crippen molar-refractivity contribution >= 4 is 11.9 Å². The minimum Gasteiger partial charge on any atom is -0.478 e. The van der Waals surface area contributed by atoms with Crippen LogP contribution in [0.3, 0.4) is 0 Å². The lowest BCUT2D eigenvalue weighted by molar-refractivity contribution is -0.314. The fourth-order valence-electron chi connectivity index (χ4n) is 3.82. The van der Waals surface area contributed by atoms with E-state index in [0.717, 1.165) is 11.1 Å². The van der Waals surface area contributed by atoms with Crippen LogP contribution in [0, 0.1) is 0 Å². The molecule has 0 aromatic heterocycles. The van der Waals surface area contributed by atoms with Crippen LogP contribution in [0.1, 0.15) is 27.7 Å². The molecule has 0 aromatic rings. The average Bonchev–Trinajstić information content (AvgIpc) is 2.98. The van der Waals surface area contributed by atoms with Crippen LogP contribution < -0.4 is 0 Å². The summed E-state index contributed by atoms with van der Waals surface area (Å²) in [5, 5.41) is 69.0. The normalized spacial score (nSPS) is 33.0. The minimum absolute atomic E-state index is 0.151. The topological polar surface area (TPSA) is 213 Å². The molecule has 2 rings (SSSR count). The van der Waals surface area contributed by atoms with Crippen LogP contribution in [0.4, 0.5) is 0 Å². The number of ether oxygens (including phenoxy) is 4. The lowest BCUT2D eigenvalue weighted by Crippen LogP contribution is -2.60. The third-order valence-electron chi connectivity index (χ3n) is 6.67. The van der Waals surface area contributed by atoms with Crippen molar-refractivity contribution in [3.63, 3.8) is 0 Å². The molecule has 9 atom stereocenters. The highest BCUT2D eigenvalue weighted by atomic mass is 16.7. The van der Waals surface area contributed by atoms with E-state index in [1.54, 1.807) is 24.3 Å². The largest absolute Gasteiger partial charge is 0.478 e. The highest BCUT2D eigenvalue weighted by Gasteiger charge is 2.47. The SMILES string of the molecule is CC(/C=C/C=C(\C)C(=O)O)=C\C=C\C=C(C)\C=C\C=C(/C)C(=O)O[C@@H]1O[C@H](CO[C@@H]2OC[C@@H](O)[C@H](O)[C@H]2O)[C@@H](O)[C@H](O)[C@H]1O. The fourth-order valence-corrected chi connectivity index (χ4v) is 3.82. The van der Waals surface area contributed by atoms with Gasteiger partial charge in [-0.2, -0.15) is 0 Å². The first-order valence-corrected chi connectivity index (χ1v) is 13.9. The van der Waals surface area contributed by atoms with E-state index in [1.807, 2.05) is 38.2 Å². The van der Waals surface area contributed by atoms with Crippen LogP contribution in [0.5, 0.6) is 0 Å². The Hall–Kier alpha value is -3.24. The number of allylic oxidation sites excluding steroid dienone is 12. The number of carbonyl (C=O) groups excluding carboxylic acids is 1. The molecule has 2 saturated heterocycles. The Kier molecular flexibility index (Phi) is 15.0. The van der Waals surface area contributed by atoms with Gasteiger partial charge in [0.25, 0.3) is 0 Å². The molecule has 2 aliphatic rings. The number of aliphatic hydroxyl groups excluding tert-OH is 6. The van der Waals surface area contributed by atoms with Gasteiger partial charge in [-0.15, -0.1) is 0 Å². The van der Waals surface area contributed by atoms with Crippen molar-refractivity contribution in [3.8, 4) is 0 Å². The predicted molar refractivity (Wildman–Crippen MR) is 157 cm³/mol. The monoisotopic (exact) mass is 622 g/mol. The van der Waals surface area contributed by atoms with E-state index in [1.165, 1.54) is 26.0 Å². The van der Waals surface area contributed by atoms with Gasteiger partial charge in [-0.1, -0.05) is 71.9 Å². The summed E-state index contributed by atoms with van der Waals surface area (Å²) in [6.07, 6.45) is 3.22. The molecule has 2 heterocycles. The molecule has 0 bridgehead atoms. The summed E-state index contributed by atoms with van der Waals surface area (Å²) in [6, 6.07) is 0. The van der Waals surface area contributed by atoms with Gasteiger partial charge in [0.15, 0.2) is 6.29 Å². The van der Waals surface area contributed by atoms with Crippen molar-refractivity contribution in [2.75, 3.05) is 13.2 Å². The Bertz CT molecular complexity index is 1190. The quantitative estimate of drug-likeness (QED) is 0.0889. The van der Waals surface area contributed by atoms with Crippen molar-refractivity contribution in [2.45, 2.75) is 83.0 Å². The second-order valence-electron chi connectivity index (χ2n) is 10.4. The van der Waals surface area contributed by atoms with E-state index in [-0.39, 0.29) is 17.8 Å². The average molecular weight is 623 g/mol. The molecule has 0 aromatic carbocycles. The number of carbonyl (C=O) groups is 2. The van der Waals surface area contributed by atoms with E-state index >= 15 is 0 Å². The van der Waals surface area contributed by atoms with Gasteiger partial charge in [0, 0.05) is 11.1 Å². The molecule has 2 aliphatic heterocycles. The van der Waals surface area contributed by atoms with Gasteiger partial charge in [-0.3, -0.25) is 0 Å². The highest BCUT2D eigenvalue weighted by molar-refractivity contribution is 5.88. The van der Waals surface area contributed by atoms with Crippen LogP contribution in [-0.4, -0.2) is 116 Å². The molecule has 0 aliphatic carbocycles. The Balaban J connectivity index is 1.91. The number of carboxylic acids is 1. The first-order valence-electron chi connectivity index (χ1n) is 13.9. The Morgan fingerprint density at radius 1 is 0.705 bits per heavy atom. The maximum absolute atomic E-state index is 12.6. The second-order valence-corrected chi connectivity index (χ2v) is 10.4.